The number of hydrogen-bond donors (Lipinski definition) is 2. The Kier molecular flexibility index (Phi) is 6.98. The molecule has 2 N–H and O–H groups in total. The third kappa shape index (κ3) is 5.38. The first-order chi connectivity index (χ1) is 16.4. The van der Waals surface area contributed by atoms with Crippen molar-refractivity contribution < 1.29 is 22.8 Å². The Morgan fingerprint density at radius 2 is 1.71 bits per heavy atom. The lowest BCUT2D eigenvalue weighted by atomic mass is 10.1. The molecule has 0 amide bonds. The van der Waals surface area contributed by atoms with Gasteiger partial charge in [-0.15, -0.1) is 5.10 Å². The van der Waals surface area contributed by atoms with E-state index in [1.165, 1.54) is 24.3 Å². The third-order valence-corrected chi connectivity index (χ3v) is 8.34. The molecule has 184 valence electrons. The van der Waals surface area contributed by atoms with Gasteiger partial charge >= 0.3 is 7.60 Å². The number of hydrogen-bond acceptors (Lipinski definition) is 5. The summed E-state index contributed by atoms with van der Waals surface area (Å²) in [5, 5.41) is 9.19. The fraction of sp³-hybridized carbons (Fsp3) is 0.182. The highest BCUT2D eigenvalue weighted by Gasteiger charge is 2.32. The quantitative estimate of drug-likeness (QED) is 0.310. The Labute approximate surface area is 212 Å². The highest BCUT2D eigenvalue weighted by Crippen LogP contribution is 2.41. The van der Waals surface area contributed by atoms with Crippen LogP contribution in [0.4, 0.5) is 5.69 Å². The summed E-state index contributed by atoms with van der Waals surface area (Å²) in [6.45, 7) is 3.78. The molecule has 0 saturated carbocycles. The first kappa shape index (κ1) is 25.6. The van der Waals surface area contributed by atoms with Gasteiger partial charge in [-0.05, 0) is 67.4 Å². The average molecular weight is 555 g/mol. The van der Waals surface area contributed by atoms with Crippen molar-refractivity contribution in [1.82, 2.24) is 14.8 Å². The second-order valence-corrected chi connectivity index (χ2v) is 12.2. The van der Waals surface area contributed by atoms with E-state index in [0.717, 1.165) is 16.8 Å². The molecule has 0 bridgehead atoms. The number of benzene rings is 2. The Morgan fingerprint density at radius 1 is 1.03 bits per heavy atom. The lowest BCUT2D eigenvalue weighted by Gasteiger charge is -2.25. The normalized spacial score (nSPS) is 12.3. The maximum absolute atomic E-state index is 13.5. The zero-order valence-electron chi connectivity index (χ0n) is 18.6. The fourth-order valence-corrected chi connectivity index (χ4v) is 7.11. The van der Waals surface area contributed by atoms with E-state index in [4.69, 9.17) is 23.2 Å². The predicted octanol–water partition coefficient (Wildman–Crippen LogP) is 4.93. The van der Waals surface area contributed by atoms with Crippen LogP contribution in [0.2, 0.25) is 10.0 Å². The molecule has 35 heavy (non-hydrogen) atoms. The molecule has 0 aliphatic heterocycles. The van der Waals surface area contributed by atoms with Gasteiger partial charge in [-0.25, -0.2) is 8.42 Å². The van der Waals surface area contributed by atoms with Gasteiger partial charge in [0, 0.05) is 21.6 Å². The highest BCUT2D eigenvalue weighted by atomic mass is 35.5. The molecule has 2 aromatic carbocycles. The molecule has 0 radical (unpaired) electrons. The Bertz CT molecular complexity index is 1550. The van der Waals surface area contributed by atoms with E-state index in [2.05, 4.69) is 10.2 Å². The largest absolute Gasteiger partial charge is 0.345 e. The van der Waals surface area contributed by atoms with Gasteiger partial charge in [0.15, 0.2) is 5.82 Å². The average Bonchev–Trinajstić information content (AvgIpc) is 3.14. The molecule has 4 aromatic rings. The zero-order chi connectivity index (χ0) is 25.5. The van der Waals surface area contributed by atoms with Crippen molar-refractivity contribution >= 4 is 57.4 Å². The summed E-state index contributed by atoms with van der Waals surface area (Å²) in [7, 11) is -9.22. The molecule has 9 nitrogen and oxygen atoms in total. The molecular formula is C22H21Cl2N4O5PS. The Balaban J connectivity index is 1.90. The van der Waals surface area contributed by atoms with Gasteiger partial charge in [0.1, 0.15) is 6.29 Å². The summed E-state index contributed by atoms with van der Waals surface area (Å²) in [5.74, 6) is 0.585. The smallest absolute Gasteiger partial charge is 0.323 e. The van der Waals surface area contributed by atoms with Gasteiger partial charge in [0.2, 0.25) is 0 Å². The monoisotopic (exact) mass is 554 g/mol. The molecule has 0 saturated heterocycles. The van der Waals surface area contributed by atoms with Crippen LogP contribution in [0.15, 0.2) is 59.6 Å². The number of halogens is 2. The van der Waals surface area contributed by atoms with Crippen molar-refractivity contribution in [3.8, 4) is 5.82 Å². The van der Waals surface area contributed by atoms with Gasteiger partial charge < -0.3 is 9.79 Å². The molecule has 0 atom stereocenters. The molecule has 2 aromatic heterocycles. The molecule has 0 aliphatic rings. The second-order valence-electron chi connectivity index (χ2n) is 7.88. The lowest BCUT2D eigenvalue weighted by Crippen LogP contribution is -2.32. The van der Waals surface area contributed by atoms with Crippen molar-refractivity contribution in [3.63, 3.8) is 0 Å². The van der Waals surface area contributed by atoms with Crippen LogP contribution in [0.25, 0.3) is 16.7 Å². The molecule has 0 spiro atoms. The van der Waals surface area contributed by atoms with E-state index >= 15 is 0 Å². The van der Waals surface area contributed by atoms with Crippen molar-refractivity contribution in [3.05, 3.63) is 76.0 Å². The van der Waals surface area contributed by atoms with Crippen LogP contribution in [0, 0.1) is 6.92 Å². The van der Waals surface area contributed by atoms with Gasteiger partial charge in [0.25, 0.3) is 10.0 Å². The molecule has 0 unspecified atom stereocenters. The number of fused-ring (bicyclic) bond motifs is 1. The predicted molar refractivity (Wildman–Crippen MR) is 136 cm³/mol. The van der Waals surface area contributed by atoms with Crippen LogP contribution in [0.3, 0.4) is 0 Å². The summed E-state index contributed by atoms with van der Waals surface area (Å²) >= 11 is 12.0. The van der Waals surface area contributed by atoms with Crippen LogP contribution >= 0.6 is 30.8 Å². The lowest BCUT2D eigenvalue weighted by molar-refractivity contribution is 0.373. The summed E-state index contributed by atoms with van der Waals surface area (Å²) in [4.78, 5) is 19.1. The summed E-state index contributed by atoms with van der Waals surface area (Å²) in [6, 6.07) is 12.1. The standard InChI is InChI=1S/C22H21Cl2N4O5PS/c1-3-15-12-27(22-7-4-14(2)25-26-22)21-6-5-18(11-20(15)21)28(13-34(29,30)31)35(32,33)19-9-16(23)8-17(24)10-19/h4-12H,3,13H2,1-2H3,(H2,29,30,31). The maximum Gasteiger partial charge on any atom is 0.345 e. The fourth-order valence-electron chi connectivity index (χ4n) is 3.70. The zero-order valence-corrected chi connectivity index (χ0v) is 21.9. The maximum atomic E-state index is 13.5. The molecular weight excluding hydrogens is 534 g/mol. The van der Waals surface area contributed by atoms with Crippen LogP contribution in [-0.2, 0) is 21.0 Å². The first-order valence-electron chi connectivity index (χ1n) is 10.4. The first-order valence-corrected chi connectivity index (χ1v) is 14.4. The van der Waals surface area contributed by atoms with Crippen LogP contribution in [0.5, 0.6) is 0 Å². The van der Waals surface area contributed by atoms with Gasteiger partial charge in [-0.3, -0.25) is 13.4 Å². The van der Waals surface area contributed by atoms with E-state index in [1.807, 2.05) is 36.7 Å². The molecule has 0 fully saturated rings. The van der Waals surface area contributed by atoms with Crippen molar-refractivity contribution in [2.45, 2.75) is 25.2 Å². The van der Waals surface area contributed by atoms with E-state index in [-0.39, 0.29) is 20.6 Å². The summed E-state index contributed by atoms with van der Waals surface area (Å²) in [6.07, 6.45) is 1.45. The van der Waals surface area contributed by atoms with Crippen molar-refractivity contribution in [2.24, 2.45) is 0 Å². The molecule has 2 heterocycles. The van der Waals surface area contributed by atoms with Crippen LogP contribution < -0.4 is 4.31 Å². The number of rotatable bonds is 7. The van der Waals surface area contributed by atoms with E-state index in [0.29, 0.717) is 21.9 Å². The van der Waals surface area contributed by atoms with E-state index in [9.17, 15) is 22.8 Å². The molecule has 4 rings (SSSR count). The minimum absolute atomic E-state index is 0.0761. The minimum atomic E-state index is -4.80. The van der Waals surface area contributed by atoms with E-state index < -0.39 is 23.9 Å². The van der Waals surface area contributed by atoms with Crippen molar-refractivity contribution in [2.75, 3.05) is 10.6 Å². The summed E-state index contributed by atoms with van der Waals surface area (Å²) in [5.41, 5.74) is 2.48. The van der Waals surface area contributed by atoms with Gasteiger partial charge in [-0.1, -0.05) is 30.1 Å². The Hall–Kier alpha value is -2.46. The number of aromatic nitrogens is 3. The molecule has 13 heteroatoms. The van der Waals surface area contributed by atoms with Gasteiger partial charge in [0.05, 0.1) is 21.8 Å². The van der Waals surface area contributed by atoms with Crippen LogP contribution in [-0.4, -0.2) is 39.3 Å². The SMILES string of the molecule is CCc1cn(-c2ccc(C)nn2)c2ccc(N(CP(=O)(O)O)S(=O)(=O)c3cc(Cl)cc(Cl)c3)cc12. The van der Waals surface area contributed by atoms with Gasteiger partial charge in [-0.2, -0.15) is 5.10 Å². The molecule has 0 aliphatic carbocycles. The minimum Gasteiger partial charge on any atom is -0.323 e. The number of nitrogens with zero attached hydrogens (tertiary/aromatic N) is 4. The highest BCUT2D eigenvalue weighted by molar-refractivity contribution is 7.93. The van der Waals surface area contributed by atoms with Crippen LogP contribution in [0.1, 0.15) is 18.2 Å². The second kappa shape index (κ2) is 9.54. The number of anilines is 1. The third-order valence-electron chi connectivity index (χ3n) is 5.31. The number of sulfonamides is 1. The Morgan fingerprint density at radius 3 is 2.29 bits per heavy atom. The van der Waals surface area contributed by atoms with E-state index in [1.54, 1.807) is 12.1 Å². The topological polar surface area (TPSA) is 126 Å². The van der Waals surface area contributed by atoms with Crippen molar-refractivity contribution in [1.29, 1.82) is 0 Å². The number of aryl methyl sites for hydroxylation is 2. The summed E-state index contributed by atoms with van der Waals surface area (Å²) < 4.78 is 41.5.